The lowest BCUT2D eigenvalue weighted by atomic mass is 9.84. The van der Waals surface area contributed by atoms with Gasteiger partial charge in [0.2, 0.25) is 5.91 Å². The highest BCUT2D eigenvalue weighted by atomic mass is 32.1. The highest BCUT2D eigenvalue weighted by molar-refractivity contribution is 7.18. The molecule has 2 aliphatic rings. The number of aromatic nitrogens is 2. The van der Waals surface area contributed by atoms with Crippen molar-refractivity contribution in [3.8, 4) is 0 Å². The van der Waals surface area contributed by atoms with E-state index < -0.39 is 0 Å². The first-order valence-corrected chi connectivity index (χ1v) is 9.73. The van der Waals surface area contributed by atoms with Gasteiger partial charge in [-0.05, 0) is 43.6 Å². The van der Waals surface area contributed by atoms with Gasteiger partial charge >= 0.3 is 0 Å². The van der Waals surface area contributed by atoms with Crippen LogP contribution < -0.4 is 4.90 Å². The van der Waals surface area contributed by atoms with Crippen LogP contribution in [0.1, 0.15) is 37.7 Å². The third kappa shape index (κ3) is 2.66. The molecule has 1 aliphatic carbocycles. The summed E-state index contributed by atoms with van der Waals surface area (Å²) < 4.78 is 1.19. The molecule has 0 aromatic carbocycles. The van der Waals surface area contributed by atoms with Gasteiger partial charge in [0.15, 0.2) is 0 Å². The molecule has 1 saturated carbocycles. The highest BCUT2D eigenvalue weighted by Gasteiger charge is 2.33. The maximum absolute atomic E-state index is 12.4. The smallest absolute Gasteiger partial charge is 0.225 e. The van der Waals surface area contributed by atoms with Crippen molar-refractivity contribution >= 4 is 33.3 Å². The van der Waals surface area contributed by atoms with Crippen molar-refractivity contribution in [1.82, 2.24) is 14.9 Å². The zero-order valence-corrected chi connectivity index (χ0v) is 15.2. The molecule has 0 bridgehead atoms. The van der Waals surface area contributed by atoms with E-state index in [-0.39, 0.29) is 0 Å². The van der Waals surface area contributed by atoms with Gasteiger partial charge in [0, 0.05) is 32.1 Å². The summed E-state index contributed by atoms with van der Waals surface area (Å²) in [6.07, 6.45) is 7.09. The number of piperidine rings is 1. The zero-order chi connectivity index (χ0) is 16.7. The third-order valence-corrected chi connectivity index (χ3v) is 6.71. The van der Waals surface area contributed by atoms with E-state index in [9.17, 15) is 4.79 Å². The molecule has 0 unspecified atom stereocenters. The van der Waals surface area contributed by atoms with Crippen LogP contribution in [0.15, 0.2) is 11.7 Å². The van der Waals surface area contributed by atoms with Crippen molar-refractivity contribution in [3.05, 3.63) is 17.3 Å². The number of hydrogen-bond donors (Lipinski definition) is 0. The Morgan fingerprint density at radius 1 is 1.25 bits per heavy atom. The van der Waals surface area contributed by atoms with Crippen LogP contribution in [0.25, 0.3) is 10.2 Å². The normalized spacial score (nSPS) is 19.5. The third-order valence-electron chi connectivity index (χ3n) is 5.63. The minimum Gasteiger partial charge on any atom is -0.355 e. The fourth-order valence-electron chi connectivity index (χ4n) is 3.77. The van der Waals surface area contributed by atoms with Gasteiger partial charge < -0.3 is 9.80 Å². The van der Waals surface area contributed by atoms with Crippen LogP contribution in [0.3, 0.4) is 0 Å². The van der Waals surface area contributed by atoms with Crippen LogP contribution in [-0.2, 0) is 4.79 Å². The number of amides is 1. The molecule has 0 atom stereocenters. The first-order chi connectivity index (χ1) is 11.6. The van der Waals surface area contributed by atoms with Gasteiger partial charge in [-0.1, -0.05) is 6.42 Å². The molecule has 6 heteroatoms. The number of fused-ring (bicyclic) bond motifs is 1. The fraction of sp³-hybridized carbons (Fsp3) is 0.611. The minimum absolute atomic E-state index is 0.295. The maximum Gasteiger partial charge on any atom is 0.225 e. The number of anilines is 1. The Morgan fingerprint density at radius 2 is 2.00 bits per heavy atom. The molecule has 2 aromatic rings. The number of aryl methyl sites for hydroxylation is 1. The number of thiophene rings is 1. The topological polar surface area (TPSA) is 49.3 Å². The molecule has 0 spiro atoms. The standard InChI is InChI=1S/C18H24N4OS/c1-12-10-24-16-15(12)19-11-20-17(16)22-8-6-14(7-9-22)21(2)18(23)13-4-3-5-13/h10-11,13-14H,3-9H2,1-2H3. The second kappa shape index (κ2) is 6.31. The van der Waals surface area contributed by atoms with Gasteiger partial charge in [0.05, 0.1) is 10.2 Å². The maximum atomic E-state index is 12.4. The van der Waals surface area contributed by atoms with E-state index in [0.29, 0.717) is 17.9 Å². The second-order valence-corrected chi connectivity index (χ2v) is 7.97. The second-order valence-electron chi connectivity index (χ2n) is 7.09. The molecular formula is C18H24N4OS. The largest absolute Gasteiger partial charge is 0.355 e. The Morgan fingerprint density at radius 3 is 2.67 bits per heavy atom. The van der Waals surface area contributed by atoms with E-state index in [0.717, 1.165) is 50.1 Å². The van der Waals surface area contributed by atoms with Crippen LogP contribution in [0, 0.1) is 12.8 Å². The van der Waals surface area contributed by atoms with Gasteiger partial charge in [-0.15, -0.1) is 11.3 Å². The van der Waals surface area contributed by atoms with E-state index >= 15 is 0 Å². The summed E-state index contributed by atoms with van der Waals surface area (Å²) >= 11 is 1.73. The predicted molar refractivity (Wildman–Crippen MR) is 97.5 cm³/mol. The van der Waals surface area contributed by atoms with Crippen molar-refractivity contribution in [2.45, 2.75) is 45.1 Å². The molecule has 0 radical (unpaired) electrons. The average molecular weight is 344 g/mol. The predicted octanol–water partition coefficient (Wildman–Crippen LogP) is 3.23. The van der Waals surface area contributed by atoms with E-state index in [1.165, 1.54) is 16.7 Å². The van der Waals surface area contributed by atoms with Crippen LogP contribution >= 0.6 is 11.3 Å². The molecular weight excluding hydrogens is 320 g/mol. The van der Waals surface area contributed by atoms with Crippen molar-refractivity contribution < 1.29 is 4.79 Å². The van der Waals surface area contributed by atoms with Crippen LogP contribution in [-0.4, -0.2) is 47.0 Å². The summed E-state index contributed by atoms with van der Waals surface area (Å²) in [5.74, 6) is 1.71. The lowest BCUT2D eigenvalue weighted by molar-refractivity contribution is -0.139. The SMILES string of the molecule is Cc1csc2c(N3CCC(N(C)C(=O)C4CCC4)CC3)ncnc12. The summed E-state index contributed by atoms with van der Waals surface area (Å²) in [6, 6.07) is 0.372. The van der Waals surface area contributed by atoms with Gasteiger partial charge in [-0.2, -0.15) is 0 Å². The molecule has 24 heavy (non-hydrogen) atoms. The van der Waals surface area contributed by atoms with E-state index in [1.807, 2.05) is 11.9 Å². The number of hydrogen-bond acceptors (Lipinski definition) is 5. The van der Waals surface area contributed by atoms with E-state index in [2.05, 4.69) is 27.2 Å². The molecule has 1 amide bonds. The van der Waals surface area contributed by atoms with Crippen molar-refractivity contribution in [2.75, 3.05) is 25.0 Å². The molecule has 5 nitrogen and oxygen atoms in total. The van der Waals surface area contributed by atoms with Gasteiger partial charge in [-0.25, -0.2) is 9.97 Å². The number of nitrogens with zero attached hydrogens (tertiary/aromatic N) is 4. The molecule has 3 heterocycles. The number of rotatable bonds is 3. The highest BCUT2D eigenvalue weighted by Crippen LogP contribution is 2.33. The first kappa shape index (κ1) is 15.8. The summed E-state index contributed by atoms with van der Waals surface area (Å²) in [7, 11) is 1.99. The van der Waals surface area contributed by atoms with E-state index in [4.69, 9.17) is 0 Å². The minimum atomic E-state index is 0.295. The first-order valence-electron chi connectivity index (χ1n) is 8.85. The van der Waals surface area contributed by atoms with Crippen molar-refractivity contribution in [3.63, 3.8) is 0 Å². The zero-order valence-electron chi connectivity index (χ0n) is 14.4. The summed E-state index contributed by atoms with van der Waals surface area (Å²) in [4.78, 5) is 25.8. The van der Waals surface area contributed by atoms with Gasteiger partial charge in [0.25, 0.3) is 0 Å². The molecule has 0 N–H and O–H groups in total. The molecule has 4 rings (SSSR count). The number of carbonyl (C=O) groups is 1. The Balaban J connectivity index is 1.44. The van der Waals surface area contributed by atoms with Gasteiger partial charge in [0.1, 0.15) is 12.1 Å². The lowest BCUT2D eigenvalue weighted by Gasteiger charge is -2.39. The van der Waals surface area contributed by atoms with E-state index in [1.54, 1.807) is 17.7 Å². The number of carbonyl (C=O) groups excluding carboxylic acids is 1. The molecule has 2 fully saturated rings. The molecule has 1 aliphatic heterocycles. The summed E-state index contributed by atoms with van der Waals surface area (Å²) in [5, 5.41) is 2.15. The monoisotopic (exact) mass is 344 g/mol. The summed E-state index contributed by atoms with van der Waals surface area (Å²) in [6.45, 7) is 4.01. The van der Waals surface area contributed by atoms with Crippen molar-refractivity contribution in [1.29, 1.82) is 0 Å². The Labute approximate surface area is 146 Å². The quantitative estimate of drug-likeness (QED) is 0.858. The van der Waals surface area contributed by atoms with Gasteiger partial charge in [-0.3, -0.25) is 4.79 Å². The Bertz CT molecular complexity index is 747. The molecule has 128 valence electrons. The molecule has 2 aromatic heterocycles. The van der Waals surface area contributed by atoms with Crippen LogP contribution in [0.5, 0.6) is 0 Å². The average Bonchev–Trinajstić information content (AvgIpc) is 2.94. The van der Waals surface area contributed by atoms with Crippen molar-refractivity contribution in [2.24, 2.45) is 5.92 Å². The Kier molecular flexibility index (Phi) is 4.16. The lowest BCUT2D eigenvalue weighted by Crippen LogP contribution is -2.48. The summed E-state index contributed by atoms with van der Waals surface area (Å²) in [5.41, 5.74) is 2.30. The van der Waals surface area contributed by atoms with Crippen LogP contribution in [0.2, 0.25) is 0 Å². The Hall–Kier alpha value is -1.69. The fourth-order valence-corrected chi connectivity index (χ4v) is 4.79. The molecule has 1 saturated heterocycles. The van der Waals surface area contributed by atoms with Crippen LogP contribution in [0.4, 0.5) is 5.82 Å².